The molecule has 0 spiro atoms. The van der Waals surface area contributed by atoms with Crippen LogP contribution in [0.5, 0.6) is 0 Å². The minimum atomic E-state index is -1.28. The first kappa shape index (κ1) is 44.0. The summed E-state index contributed by atoms with van der Waals surface area (Å²) in [6, 6.07) is -1.61. The molecule has 0 aromatic carbocycles. The number of carbonyl (C=O) groups is 6. The lowest BCUT2D eigenvalue weighted by Gasteiger charge is -2.31. The molecule has 14 nitrogen and oxygen atoms in total. The van der Waals surface area contributed by atoms with Gasteiger partial charge in [-0.1, -0.05) is 38.2 Å². The fraction of sp³-hybridized carbons (Fsp3) is 0.639. The molecule has 50 heavy (non-hydrogen) atoms. The van der Waals surface area contributed by atoms with Gasteiger partial charge in [-0.3, -0.25) is 19.2 Å². The van der Waals surface area contributed by atoms with E-state index in [2.05, 4.69) is 25.9 Å². The van der Waals surface area contributed by atoms with E-state index in [1.54, 1.807) is 33.9 Å². The standard InChI is InChI=1S/C36H60N8O6/c1-26(2)30(31(48)41-20-21-45)44-33(50)36(39,18-14-9-7-6-8-12-16-34(4,37)27(3)47)19-15-11-10-13-17-35(5,38)32(49)43-29(24-46)22-28-23-40-25-42-28/h6-7,10-11,21,23-26,29-30H,8-9,12-20,22,37-39H2,1-5H3,(H,40,42)(H,41,48)(H,43,49)(H,44,50)/b7-6-,11-10-/t29-,30-,34+,35-,36-/m0/s1. The molecule has 0 fully saturated rings. The fourth-order valence-corrected chi connectivity index (χ4v) is 5.13. The average Bonchev–Trinajstić information content (AvgIpc) is 3.57. The molecule has 0 aliphatic heterocycles. The molecule has 0 bridgehead atoms. The molecule has 280 valence electrons. The number of allylic oxidation sites excluding steroid dienone is 4. The van der Waals surface area contributed by atoms with E-state index in [-0.39, 0.29) is 24.7 Å². The third-order valence-electron chi connectivity index (χ3n) is 8.83. The van der Waals surface area contributed by atoms with Crippen LogP contribution in [-0.4, -0.2) is 81.3 Å². The first-order valence-electron chi connectivity index (χ1n) is 17.4. The Labute approximate surface area is 296 Å². The summed E-state index contributed by atoms with van der Waals surface area (Å²) in [7, 11) is 0. The molecule has 0 saturated carbocycles. The molecule has 10 N–H and O–H groups in total. The van der Waals surface area contributed by atoms with Gasteiger partial charge in [-0.15, -0.1) is 0 Å². The third kappa shape index (κ3) is 16.1. The van der Waals surface area contributed by atoms with Crippen LogP contribution >= 0.6 is 0 Å². The van der Waals surface area contributed by atoms with Gasteiger partial charge < -0.3 is 47.7 Å². The summed E-state index contributed by atoms with van der Waals surface area (Å²) in [6.45, 7) is 8.28. The van der Waals surface area contributed by atoms with Gasteiger partial charge in [0, 0.05) is 18.3 Å². The number of aromatic amines is 1. The van der Waals surface area contributed by atoms with Gasteiger partial charge in [0.2, 0.25) is 17.7 Å². The quantitative estimate of drug-likeness (QED) is 0.0420. The van der Waals surface area contributed by atoms with Crippen LogP contribution in [0.25, 0.3) is 0 Å². The van der Waals surface area contributed by atoms with Crippen LogP contribution in [0.1, 0.15) is 105 Å². The van der Waals surface area contributed by atoms with Crippen LogP contribution in [0.4, 0.5) is 0 Å². The second-order valence-corrected chi connectivity index (χ2v) is 14.0. The number of aldehydes is 2. The van der Waals surface area contributed by atoms with E-state index in [1.165, 1.54) is 13.3 Å². The molecular formula is C36H60N8O6. The molecule has 1 heterocycles. The minimum absolute atomic E-state index is 0.0399. The number of hydrogen-bond acceptors (Lipinski definition) is 10. The van der Waals surface area contributed by atoms with Crippen LogP contribution in [0.15, 0.2) is 36.8 Å². The Bertz CT molecular complexity index is 1290. The molecular weight excluding hydrogens is 640 g/mol. The van der Waals surface area contributed by atoms with Gasteiger partial charge >= 0.3 is 0 Å². The van der Waals surface area contributed by atoms with Crippen LogP contribution < -0.4 is 33.2 Å². The second-order valence-electron chi connectivity index (χ2n) is 14.0. The summed E-state index contributed by atoms with van der Waals surface area (Å²) in [5.74, 6) is -1.64. The van der Waals surface area contributed by atoms with Crippen molar-refractivity contribution < 1.29 is 28.8 Å². The molecule has 1 rings (SSSR count). The average molecular weight is 701 g/mol. The van der Waals surface area contributed by atoms with Crippen molar-refractivity contribution in [2.24, 2.45) is 23.1 Å². The Morgan fingerprint density at radius 2 is 1.44 bits per heavy atom. The molecule has 5 atom stereocenters. The summed E-state index contributed by atoms with van der Waals surface area (Å²) in [5, 5.41) is 8.00. The Kier molecular flexibility index (Phi) is 19.3. The molecule has 0 aliphatic rings. The number of hydrogen-bond donors (Lipinski definition) is 7. The highest BCUT2D eigenvalue weighted by molar-refractivity contribution is 5.92. The topological polar surface area (TPSA) is 245 Å². The largest absolute Gasteiger partial charge is 0.348 e. The number of nitrogens with two attached hydrogens (primary N) is 3. The third-order valence-corrected chi connectivity index (χ3v) is 8.83. The first-order valence-corrected chi connectivity index (χ1v) is 17.4. The maximum absolute atomic E-state index is 13.6. The summed E-state index contributed by atoms with van der Waals surface area (Å²) in [5.41, 5.74) is 16.4. The lowest BCUT2D eigenvalue weighted by molar-refractivity contribution is -0.133. The van der Waals surface area contributed by atoms with Crippen molar-refractivity contribution in [3.63, 3.8) is 0 Å². The van der Waals surface area contributed by atoms with Gasteiger partial charge in [0.1, 0.15) is 24.4 Å². The number of nitrogens with one attached hydrogen (secondary N) is 4. The number of nitrogens with zero attached hydrogens (tertiary/aromatic N) is 1. The van der Waals surface area contributed by atoms with E-state index < -0.39 is 46.4 Å². The predicted octanol–water partition coefficient (Wildman–Crippen LogP) is 1.83. The number of H-pyrrole nitrogens is 1. The van der Waals surface area contributed by atoms with E-state index in [9.17, 15) is 28.8 Å². The van der Waals surface area contributed by atoms with Crippen LogP contribution in [0.3, 0.4) is 0 Å². The first-order chi connectivity index (χ1) is 23.5. The minimum Gasteiger partial charge on any atom is -0.348 e. The zero-order valence-corrected chi connectivity index (χ0v) is 30.5. The van der Waals surface area contributed by atoms with Crippen LogP contribution in [-0.2, 0) is 35.2 Å². The Balaban J connectivity index is 2.81. The SMILES string of the molecule is CC(=O)[C@](C)(N)CCC/C=C\CCC[C@](N)(CC/C=C\CC[C@](C)(N)C(=O)N[C@H](C=O)Cc1cnc[nH]1)C(=O)N[C@H](C(=O)NCC=O)C(C)C. The van der Waals surface area contributed by atoms with Crippen LogP contribution in [0, 0.1) is 5.92 Å². The van der Waals surface area contributed by atoms with Crippen molar-refractivity contribution in [2.45, 2.75) is 134 Å². The number of amides is 3. The fourth-order valence-electron chi connectivity index (χ4n) is 5.13. The Hall–Kier alpha value is -4.01. The lowest BCUT2D eigenvalue weighted by Crippen LogP contribution is -2.60. The van der Waals surface area contributed by atoms with Gasteiger partial charge in [0.25, 0.3) is 0 Å². The molecule has 1 aromatic rings. The monoisotopic (exact) mass is 700 g/mol. The zero-order chi connectivity index (χ0) is 37.8. The number of ketones is 1. The number of aromatic nitrogens is 2. The molecule has 0 radical (unpaired) electrons. The lowest BCUT2D eigenvalue weighted by atomic mass is 9.86. The van der Waals surface area contributed by atoms with Crippen molar-refractivity contribution in [3.05, 3.63) is 42.5 Å². The highest BCUT2D eigenvalue weighted by Gasteiger charge is 2.36. The number of unbranched alkanes of at least 4 members (excludes halogenated alkanes) is 2. The Morgan fingerprint density at radius 1 is 0.840 bits per heavy atom. The normalized spacial score (nSPS) is 16.6. The van der Waals surface area contributed by atoms with Crippen molar-refractivity contribution in [2.75, 3.05) is 6.54 Å². The van der Waals surface area contributed by atoms with Crippen molar-refractivity contribution >= 4 is 36.1 Å². The zero-order valence-electron chi connectivity index (χ0n) is 30.5. The maximum atomic E-state index is 13.6. The van der Waals surface area contributed by atoms with E-state index in [4.69, 9.17) is 17.2 Å². The smallest absolute Gasteiger partial charge is 0.243 e. The highest BCUT2D eigenvalue weighted by atomic mass is 16.2. The van der Waals surface area contributed by atoms with Crippen molar-refractivity contribution in [1.29, 1.82) is 0 Å². The van der Waals surface area contributed by atoms with Gasteiger partial charge in [-0.25, -0.2) is 4.98 Å². The summed E-state index contributed by atoms with van der Waals surface area (Å²) >= 11 is 0. The van der Waals surface area contributed by atoms with Crippen LogP contribution in [0.2, 0.25) is 0 Å². The van der Waals surface area contributed by atoms with Gasteiger partial charge in [0.15, 0.2) is 0 Å². The van der Waals surface area contributed by atoms with Crippen molar-refractivity contribution in [1.82, 2.24) is 25.9 Å². The number of imidazole rings is 1. The number of carbonyl (C=O) groups excluding carboxylic acids is 6. The molecule has 14 heteroatoms. The Morgan fingerprint density at radius 3 is 1.98 bits per heavy atom. The molecule has 0 aliphatic carbocycles. The van der Waals surface area contributed by atoms with Gasteiger partial charge in [0.05, 0.1) is 35.5 Å². The molecule has 1 aromatic heterocycles. The molecule has 0 unspecified atom stereocenters. The van der Waals surface area contributed by atoms with Crippen molar-refractivity contribution in [3.8, 4) is 0 Å². The van der Waals surface area contributed by atoms with E-state index in [0.717, 1.165) is 12.8 Å². The summed E-state index contributed by atoms with van der Waals surface area (Å²) in [4.78, 5) is 79.8. The van der Waals surface area contributed by atoms with E-state index in [0.29, 0.717) is 69.6 Å². The number of rotatable bonds is 26. The molecule has 0 saturated heterocycles. The summed E-state index contributed by atoms with van der Waals surface area (Å²) < 4.78 is 0. The number of Topliss-reactive ketones (excluding diaryl/α,β-unsaturated/α-hetero) is 1. The van der Waals surface area contributed by atoms with Gasteiger partial charge in [-0.2, -0.15) is 0 Å². The maximum Gasteiger partial charge on any atom is 0.243 e. The predicted molar refractivity (Wildman–Crippen MR) is 193 cm³/mol. The highest BCUT2D eigenvalue weighted by Crippen LogP contribution is 2.21. The van der Waals surface area contributed by atoms with E-state index >= 15 is 0 Å². The summed E-state index contributed by atoms with van der Waals surface area (Å²) in [6.07, 6.45) is 17.8. The van der Waals surface area contributed by atoms with Gasteiger partial charge in [-0.05, 0) is 90.9 Å². The van der Waals surface area contributed by atoms with E-state index in [1.807, 2.05) is 24.3 Å². The second kappa shape index (κ2) is 21.9. The molecule has 3 amide bonds.